The topological polar surface area (TPSA) is 46.5 Å². The first-order chi connectivity index (χ1) is 6.65. The van der Waals surface area contributed by atoms with Crippen molar-refractivity contribution in [1.82, 2.24) is 0 Å². The van der Waals surface area contributed by atoms with E-state index in [1.807, 2.05) is 0 Å². The molecule has 2 aliphatic carbocycles. The number of ether oxygens (including phenoxy) is 1. The van der Waals surface area contributed by atoms with Gasteiger partial charge in [0.25, 0.3) is 0 Å². The molecule has 0 aromatic carbocycles. The molecule has 3 nitrogen and oxygen atoms in total. The Kier molecular flexibility index (Phi) is 4.01. The maximum absolute atomic E-state index is 11.5. The number of esters is 1. The molecule has 0 aromatic heterocycles. The maximum Gasteiger partial charge on any atom is 0.311 e. The molecule has 5 atom stereocenters. The number of carbonyl (C=O) groups excluding carboxylic acids is 1. The van der Waals surface area contributed by atoms with Gasteiger partial charge in [-0.1, -0.05) is 6.92 Å². The molecule has 88 valence electrons. The lowest BCUT2D eigenvalue weighted by Crippen LogP contribution is -3.00. The molecule has 2 aliphatic rings. The van der Waals surface area contributed by atoms with Gasteiger partial charge in [-0.2, -0.15) is 0 Å². The molecule has 0 radical (unpaired) electrons. The molecule has 0 aliphatic heterocycles. The summed E-state index contributed by atoms with van der Waals surface area (Å²) >= 11 is 0. The number of aliphatic hydroxyl groups is 1. The minimum atomic E-state index is -0.476. The second kappa shape index (κ2) is 4.71. The average Bonchev–Trinajstić information content (AvgIpc) is 2.42. The van der Waals surface area contributed by atoms with Gasteiger partial charge in [-0.25, -0.2) is 0 Å². The lowest BCUT2D eigenvalue weighted by Gasteiger charge is -2.36. The van der Waals surface area contributed by atoms with Gasteiger partial charge < -0.3 is 22.3 Å². The molecule has 0 aromatic rings. The van der Waals surface area contributed by atoms with E-state index < -0.39 is 6.10 Å². The molecule has 0 spiro atoms. The maximum atomic E-state index is 11.5. The van der Waals surface area contributed by atoms with E-state index in [-0.39, 0.29) is 24.3 Å². The monoisotopic (exact) mass is 233 g/mol. The lowest BCUT2D eigenvalue weighted by molar-refractivity contribution is -0.155. The summed E-state index contributed by atoms with van der Waals surface area (Å²) in [6.45, 7) is 2.20. The number of aliphatic hydroxyl groups excluding tert-OH is 1. The molecule has 2 bridgehead atoms. The van der Waals surface area contributed by atoms with Crippen molar-refractivity contribution in [2.45, 2.75) is 32.3 Å². The Balaban J connectivity index is 0.00000112. The molecule has 1 N–H and O–H groups in total. The highest BCUT2D eigenvalue weighted by atomic mass is 35.5. The highest BCUT2D eigenvalue weighted by molar-refractivity contribution is 5.73. The third kappa shape index (κ3) is 2.00. The molecule has 2 saturated carbocycles. The zero-order chi connectivity index (χ0) is 10.3. The van der Waals surface area contributed by atoms with Crippen molar-refractivity contribution in [3.05, 3.63) is 0 Å². The Labute approximate surface area is 96.6 Å². The molecule has 0 saturated heterocycles. The van der Waals surface area contributed by atoms with E-state index in [1.54, 1.807) is 0 Å². The molecule has 4 heteroatoms. The normalized spacial score (nSPS) is 43.3. The fourth-order valence-electron chi connectivity index (χ4n) is 3.33. The fraction of sp³-hybridized carbons (Fsp3) is 0.909. The minimum absolute atomic E-state index is 0. The zero-order valence-corrected chi connectivity index (χ0v) is 9.91. The molecule has 15 heavy (non-hydrogen) atoms. The van der Waals surface area contributed by atoms with Crippen LogP contribution in [0.1, 0.15) is 26.2 Å². The van der Waals surface area contributed by atoms with Gasteiger partial charge in [0.15, 0.2) is 0 Å². The Morgan fingerprint density at radius 1 is 1.40 bits per heavy atom. The molecular formula is C11H18ClO3-. The summed E-state index contributed by atoms with van der Waals surface area (Å²) in [6.07, 6.45) is 2.53. The van der Waals surface area contributed by atoms with Gasteiger partial charge in [0.2, 0.25) is 0 Å². The highest BCUT2D eigenvalue weighted by Gasteiger charge is 2.49. The first-order valence-electron chi connectivity index (χ1n) is 5.41. The molecule has 3 unspecified atom stereocenters. The lowest BCUT2D eigenvalue weighted by atomic mass is 9.71. The summed E-state index contributed by atoms with van der Waals surface area (Å²) < 4.78 is 4.76. The molecule has 0 amide bonds. The van der Waals surface area contributed by atoms with Gasteiger partial charge in [-0.3, -0.25) is 4.79 Å². The van der Waals surface area contributed by atoms with Crippen LogP contribution >= 0.6 is 0 Å². The number of hydrogen-bond donors (Lipinski definition) is 1. The van der Waals surface area contributed by atoms with E-state index in [4.69, 9.17) is 4.74 Å². The predicted molar refractivity (Wildman–Crippen MR) is 51.5 cm³/mol. The summed E-state index contributed by atoms with van der Waals surface area (Å²) in [4.78, 5) is 11.5. The molecule has 0 heterocycles. The van der Waals surface area contributed by atoms with Crippen LogP contribution in [0.3, 0.4) is 0 Å². The van der Waals surface area contributed by atoms with E-state index in [2.05, 4.69) is 6.92 Å². The second-order valence-electron chi connectivity index (χ2n) is 4.71. The van der Waals surface area contributed by atoms with E-state index in [0.717, 1.165) is 19.3 Å². The van der Waals surface area contributed by atoms with Crippen LogP contribution in [-0.4, -0.2) is 24.3 Å². The number of fused-ring (bicyclic) bond motifs is 2. The van der Waals surface area contributed by atoms with Crippen molar-refractivity contribution in [2.24, 2.45) is 23.7 Å². The van der Waals surface area contributed by atoms with Gasteiger partial charge in [0.05, 0.1) is 19.1 Å². The quantitative estimate of drug-likeness (QED) is 0.544. The van der Waals surface area contributed by atoms with Gasteiger partial charge >= 0.3 is 5.97 Å². The molecule has 2 rings (SSSR count). The summed E-state index contributed by atoms with van der Waals surface area (Å²) in [7, 11) is 1.40. The number of methoxy groups -OCH3 is 1. The van der Waals surface area contributed by atoms with Crippen molar-refractivity contribution < 1.29 is 27.0 Å². The Bertz CT molecular complexity index is 244. The fourth-order valence-corrected chi connectivity index (χ4v) is 3.33. The van der Waals surface area contributed by atoms with Crippen LogP contribution in [0.2, 0.25) is 0 Å². The Morgan fingerprint density at radius 2 is 2.07 bits per heavy atom. The Hall–Kier alpha value is -0.280. The van der Waals surface area contributed by atoms with Crippen molar-refractivity contribution in [3.63, 3.8) is 0 Å². The van der Waals surface area contributed by atoms with Crippen LogP contribution in [0.25, 0.3) is 0 Å². The third-order valence-electron chi connectivity index (χ3n) is 4.18. The Morgan fingerprint density at radius 3 is 2.67 bits per heavy atom. The van der Waals surface area contributed by atoms with Gasteiger partial charge in [0.1, 0.15) is 0 Å². The standard InChI is InChI=1S/C11H18O3.ClH/c1-6-7-3-4-8(6)10(9(12)5-7)11(13)14-2;/h6-10,12H,3-5H2,1-2H3;1H/p-1/t6?,7-,8?,9+,10?;/m1./s1. The zero-order valence-electron chi connectivity index (χ0n) is 9.15. The van der Waals surface area contributed by atoms with Crippen LogP contribution in [0.4, 0.5) is 0 Å². The van der Waals surface area contributed by atoms with Crippen molar-refractivity contribution >= 4 is 5.97 Å². The second-order valence-corrected chi connectivity index (χ2v) is 4.71. The van der Waals surface area contributed by atoms with Crippen molar-refractivity contribution in [1.29, 1.82) is 0 Å². The summed E-state index contributed by atoms with van der Waals surface area (Å²) in [6, 6.07) is 0. The van der Waals surface area contributed by atoms with E-state index in [9.17, 15) is 9.90 Å². The van der Waals surface area contributed by atoms with Crippen LogP contribution < -0.4 is 12.4 Å². The third-order valence-corrected chi connectivity index (χ3v) is 4.18. The van der Waals surface area contributed by atoms with E-state index in [0.29, 0.717) is 17.8 Å². The van der Waals surface area contributed by atoms with Crippen LogP contribution in [-0.2, 0) is 9.53 Å². The first kappa shape index (κ1) is 12.8. The van der Waals surface area contributed by atoms with E-state index >= 15 is 0 Å². The molecular weight excluding hydrogens is 216 g/mol. The van der Waals surface area contributed by atoms with Gasteiger partial charge in [0, 0.05) is 0 Å². The van der Waals surface area contributed by atoms with E-state index in [1.165, 1.54) is 7.11 Å². The van der Waals surface area contributed by atoms with Crippen LogP contribution in [0.5, 0.6) is 0 Å². The van der Waals surface area contributed by atoms with Crippen LogP contribution in [0, 0.1) is 23.7 Å². The van der Waals surface area contributed by atoms with Crippen molar-refractivity contribution in [2.75, 3.05) is 7.11 Å². The highest BCUT2D eigenvalue weighted by Crippen LogP contribution is 2.49. The molecule has 2 fully saturated rings. The van der Waals surface area contributed by atoms with Gasteiger partial charge in [-0.15, -0.1) is 0 Å². The summed E-state index contributed by atoms with van der Waals surface area (Å²) in [5.41, 5.74) is 0. The number of halogens is 1. The first-order valence-corrected chi connectivity index (χ1v) is 5.41. The SMILES string of the molecule is COC(=O)C1C2CC[C@H](C[C@@H]1O)C2C.[Cl-]. The number of carbonyl (C=O) groups is 1. The smallest absolute Gasteiger partial charge is 0.311 e. The van der Waals surface area contributed by atoms with Crippen LogP contribution in [0.15, 0.2) is 0 Å². The summed E-state index contributed by atoms with van der Waals surface area (Å²) in [5.74, 6) is 1.04. The average molecular weight is 234 g/mol. The minimum Gasteiger partial charge on any atom is -1.00 e. The largest absolute Gasteiger partial charge is 1.00 e. The summed E-state index contributed by atoms with van der Waals surface area (Å²) in [5, 5.41) is 9.87. The predicted octanol–water partition coefficient (Wildman–Crippen LogP) is -1.79. The number of rotatable bonds is 1. The number of hydrogen-bond acceptors (Lipinski definition) is 3. The van der Waals surface area contributed by atoms with Gasteiger partial charge in [-0.05, 0) is 37.0 Å². The van der Waals surface area contributed by atoms with Crippen molar-refractivity contribution in [3.8, 4) is 0 Å².